The van der Waals surface area contributed by atoms with Crippen molar-refractivity contribution in [3.8, 4) is 0 Å². The summed E-state index contributed by atoms with van der Waals surface area (Å²) >= 11 is -1.56. The van der Waals surface area contributed by atoms with Gasteiger partial charge in [0.05, 0.1) is 22.5 Å². The van der Waals surface area contributed by atoms with E-state index in [0.717, 1.165) is 22.8 Å². The Hall–Kier alpha value is -3.33. The Kier molecular flexibility index (Phi) is 9.15. The van der Waals surface area contributed by atoms with Gasteiger partial charge in [-0.15, -0.1) is 4.31 Å². The number of nitrogens with one attached hydrogen (secondary N) is 1. The van der Waals surface area contributed by atoms with Gasteiger partial charge in [-0.2, -0.15) is 13.2 Å². The van der Waals surface area contributed by atoms with Crippen LogP contribution in [-0.2, 0) is 22.3 Å². The Balaban J connectivity index is 1.22. The van der Waals surface area contributed by atoms with Crippen LogP contribution in [0.5, 0.6) is 0 Å². The predicted molar refractivity (Wildman–Crippen MR) is 159 cm³/mol. The Morgan fingerprint density at radius 3 is 2.29 bits per heavy atom. The molecule has 1 unspecified atom stereocenters. The summed E-state index contributed by atoms with van der Waals surface area (Å²) in [6, 6.07) is 5.93. The fourth-order valence-corrected chi connectivity index (χ4v) is 6.90. The van der Waals surface area contributed by atoms with Gasteiger partial charge < -0.3 is 19.9 Å². The number of aliphatic imine (C=N–C) groups is 1. The van der Waals surface area contributed by atoms with Crippen LogP contribution in [0.1, 0.15) is 63.9 Å². The first-order valence-corrected chi connectivity index (χ1v) is 15.6. The zero-order valence-electron chi connectivity index (χ0n) is 24.7. The minimum absolute atomic E-state index is 0.0544. The largest absolute Gasteiger partial charge is 0.593 e. The average molecular weight is 653 g/mol. The lowest BCUT2D eigenvalue weighted by atomic mass is 9.89. The van der Waals surface area contributed by atoms with Gasteiger partial charge in [-0.3, -0.25) is 14.6 Å². The van der Waals surface area contributed by atoms with E-state index < -0.39 is 52.6 Å². The van der Waals surface area contributed by atoms with E-state index in [1.807, 2.05) is 13.8 Å². The third kappa shape index (κ3) is 6.79. The molecule has 3 heterocycles. The summed E-state index contributed by atoms with van der Waals surface area (Å²) in [6.45, 7) is 3.81. The molecule has 2 N–H and O–H groups in total. The number of amides is 2. The summed E-state index contributed by atoms with van der Waals surface area (Å²) in [7, 11) is 0. The van der Waals surface area contributed by atoms with Gasteiger partial charge in [-0.25, -0.2) is 8.78 Å². The molecular formula is C31H33F5N4O4S. The Morgan fingerprint density at radius 2 is 1.71 bits per heavy atom. The van der Waals surface area contributed by atoms with Crippen molar-refractivity contribution in [2.75, 3.05) is 32.9 Å². The molecular weight excluding hydrogens is 619 g/mol. The number of nitrogens with zero attached hydrogens (tertiary/aromatic N) is 3. The van der Waals surface area contributed by atoms with Crippen LogP contribution in [-0.4, -0.2) is 80.5 Å². The summed E-state index contributed by atoms with van der Waals surface area (Å²) in [6.07, 6.45) is -2.47. The number of aliphatic hydroxyl groups is 1. The van der Waals surface area contributed by atoms with Crippen molar-refractivity contribution in [1.82, 2.24) is 14.5 Å². The van der Waals surface area contributed by atoms with Gasteiger partial charge in [-0.1, -0.05) is 0 Å². The number of rotatable bonds is 6. The number of hydrogen-bond donors (Lipinski definition) is 2. The zero-order chi connectivity index (χ0) is 32.7. The molecule has 5 rings (SSSR count). The number of alkyl halides is 4. The molecule has 3 aliphatic heterocycles. The lowest BCUT2D eigenvalue weighted by molar-refractivity contribution is -0.140. The highest BCUT2D eigenvalue weighted by Crippen LogP contribution is 2.35. The number of hydrogen-bond acceptors (Lipinski definition) is 6. The SMILES string of the molecule is Cc1cc(C(=O)N2CCC(O)(CF)CC2)cc(C)c1/C=C/[S+]([O-])N1CCC2(CC1)N=C(c1ccc(F)c(C(F)(F)F)c1)NC2=O. The van der Waals surface area contributed by atoms with Crippen LogP contribution in [0.3, 0.4) is 0 Å². The smallest absolute Gasteiger partial charge is 0.419 e. The van der Waals surface area contributed by atoms with Gasteiger partial charge in [0.15, 0.2) is 0 Å². The number of piperidine rings is 2. The number of halogens is 5. The van der Waals surface area contributed by atoms with Crippen molar-refractivity contribution in [2.24, 2.45) is 4.99 Å². The second-order valence-corrected chi connectivity index (χ2v) is 13.2. The molecule has 14 heteroatoms. The topological polar surface area (TPSA) is 108 Å². The summed E-state index contributed by atoms with van der Waals surface area (Å²) in [5.74, 6) is -2.16. The maximum Gasteiger partial charge on any atom is 0.419 e. The number of carbonyl (C=O) groups excluding carboxylic acids is 2. The number of amidine groups is 1. The Labute approximate surface area is 260 Å². The maximum atomic E-state index is 13.7. The van der Waals surface area contributed by atoms with Crippen LogP contribution in [0, 0.1) is 19.7 Å². The van der Waals surface area contributed by atoms with Crippen molar-refractivity contribution in [3.63, 3.8) is 0 Å². The van der Waals surface area contributed by atoms with Crippen molar-refractivity contribution < 1.29 is 41.2 Å². The standard InChI is InChI=1S/C31H33F5N4O4S/c1-19-15-22(27(41)39-10-6-29(43,18-32)7-11-39)16-20(2)23(19)5-14-45(44)40-12-8-30(9-13-40)28(42)37-26(38-30)21-3-4-25(33)24(17-21)31(34,35)36/h3-5,14-17,43H,6-13,18H2,1-2H3,(H,37,38,42)/b14-5+. The molecule has 2 saturated heterocycles. The van der Waals surface area contributed by atoms with Crippen LogP contribution in [0.2, 0.25) is 0 Å². The minimum atomic E-state index is -4.90. The summed E-state index contributed by atoms with van der Waals surface area (Å²) in [4.78, 5) is 32.0. The normalized spacial score (nSPS) is 20.9. The van der Waals surface area contributed by atoms with E-state index in [2.05, 4.69) is 10.3 Å². The second-order valence-electron chi connectivity index (χ2n) is 11.8. The molecule has 2 fully saturated rings. The van der Waals surface area contributed by atoms with E-state index in [0.29, 0.717) is 17.7 Å². The number of aryl methyl sites for hydroxylation is 2. The molecule has 2 aromatic rings. The molecule has 0 radical (unpaired) electrons. The fraction of sp³-hybridized carbons (Fsp3) is 0.452. The maximum absolute atomic E-state index is 13.7. The second kappa shape index (κ2) is 12.5. The van der Waals surface area contributed by atoms with Crippen molar-refractivity contribution in [2.45, 2.75) is 56.8 Å². The molecule has 2 amide bonds. The van der Waals surface area contributed by atoms with E-state index in [-0.39, 0.29) is 69.2 Å². The van der Waals surface area contributed by atoms with Crippen LogP contribution in [0.15, 0.2) is 40.7 Å². The van der Waals surface area contributed by atoms with Crippen LogP contribution >= 0.6 is 0 Å². The molecule has 45 heavy (non-hydrogen) atoms. The fourth-order valence-electron chi connectivity index (χ4n) is 5.93. The van der Waals surface area contributed by atoms with Crippen molar-refractivity contribution in [3.05, 3.63) is 74.9 Å². The zero-order valence-corrected chi connectivity index (χ0v) is 25.5. The van der Waals surface area contributed by atoms with Crippen molar-refractivity contribution >= 4 is 35.1 Å². The summed E-state index contributed by atoms with van der Waals surface area (Å²) < 4.78 is 81.2. The van der Waals surface area contributed by atoms with E-state index in [1.54, 1.807) is 27.4 Å². The molecule has 1 spiro atoms. The highest BCUT2D eigenvalue weighted by molar-refractivity contribution is 7.92. The monoisotopic (exact) mass is 652 g/mol. The van der Waals surface area contributed by atoms with Crippen molar-refractivity contribution in [1.29, 1.82) is 0 Å². The molecule has 3 aliphatic rings. The van der Waals surface area contributed by atoms with E-state index in [1.165, 1.54) is 5.41 Å². The first-order chi connectivity index (χ1) is 21.1. The van der Waals surface area contributed by atoms with Gasteiger partial charge in [0.2, 0.25) is 0 Å². The van der Waals surface area contributed by atoms with Crippen LogP contribution in [0.4, 0.5) is 22.0 Å². The highest BCUT2D eigenvalue weighted by atomic mass is 32.2. The first kappa shape index (κ1) is 33.0. The molecule has 0 aliphatic carbocycles. The van der Waals surface area contributed by atoms with Gasteiger partial charge >= 0.3 is 6.18 Å². The average Bonchev–Trinajstić information content (AvgIpc) is 3.31. The lowest BCUT2D eigenvalue weighted by Gasteiger charge is -2.36. The van der Waals surface area contributed by atoms with E-state index in [9.17, 15) is 41.2 Å². The van der Waals surface area contributed by atoms with Gasteiger partial charge in [0.1, 0.15) is 29.3 Å². The number of benzene rings is 2. The van der Waals surface area contributed by atoms with Gasteiger partial charge in [0.25, 0.3) is 11.8 Å². The lowest BCUT2D eigenvalue weighted by Crippen LogP contribution is -2.50. The molecule has 242 valence electrons. The van der Waals surface area contributed by atoms with E-state index >= 15 is 0 Å². The highest BCUT2D eigenvalue weighted by Gasteiger charge is 2.48. The van der Waals surface area contributed by atoms with Gasteiger partial charge in [0, 0.05) is 37.3 Å². The van der Waals surface area contributed by atoms with E-state index in [4.69, 9.17) is 0 Å². The number of likely N-dealkylation sites (tertiary alicyclic amines) is 1. The van der Waals surface area contributed by atoms with Gasteiger partial charge in [-0.05, 0) is 92.6 Å². The predicted octanol–water partition coefficient (Wildman–Crippen LogP) is 4.44. The molecule has 2 aromatic carbocycles. The molecule has 1 atom stereocenters. The van der Waals surface area contributed by atoms with Crippen LogP contribution in [0.25, 0.3) is 6.08 Å². The third-order valence-corrected chi connectivity index (χ3v) is 9.99. The molecule has 0 bridgehead atoms. The minimum Gasteiger partial charge on any atom is -0.593 e. The number of carbonyl (C=O) groups is 2. The third-order valence-electron chi connectivity index (χ3n) is 8.75. The molecule has 8 nitrogen and oxygen atoms in total. The quantitative estimate of drug-likeness (QED) is 0.355. The summed E-state index contributed by atoms with van der Waals surface area (Å²) in [5.41, 5.74) is -1.25. The Morgan fingerprint density at radius 1 is 1.09 bits per heavy atom. The van der Waals surface area contributed by atoms with Crippen LogP contribution < -0.4 is 5.32 Å². The Bertz CT molecular complexity index is 1520. The molecule has 0 aromatic heterocycles. The molecule has 0 saturated carbocycles. The summed E-state index contributed by atoms with van der Waals surface area (Å²) in [5, 5.41) is 14.2. The first-order valence-electron chi connectivity index (χ1n) is 14.5.